The van der Waals surface area contributed by atoms with Gasteiger partial charge in [-0.15, -0.1) is 11.3 Å². The highest BCUT2D eigenvalue weighted by Crippen LogP contribution is 2.07. The number of amides is 1. The Labute approximate surface area is 95.1 Å². The van der Waals surface area contributed by atoms with Crippen LogP contribution in [0, 0.1) is 5.92 Å². The summed E-state index contributed by atoms with van der Waals surface area (Å²) in [4.78, 5) is 14.5. The highest BCUT2D eigenvalue weighted by molar-refractivity contribution is 7.12. The van der Waals surface area contributed by atoms with Crippen LogP contribution in [0.15, 0.2) is 17.5 Å². The molecule has 0 saturated heterocycles. The van der Waals surface area contributed by atoms with Gasteiger partial charge in [0.2, 0.25) is 0 Å². The average molecular weight is 226 g/mol. The van der Waals surface area contributed by atoms with Gasteiger partial charge in [-0.2, -0.15) is 0 Å². The monoisotopic (exact) mass is 226 g/mol. The molecular formula is C11H18N2OS. The maximum absolute atomic E-state index is 11.6. The molecule has 0 aromatic carbocycles. The third-order valence-electron chi connectivity index (χ3n) is 2.03. The van der Waals surface area contributed by atoms with E-state index in [9.17, 15) is 4.79 Å². The number of carbonyl (C=O) groups is 1. The SMILES string of the molecule is CC(CNC(=O)c1cccs1)CN(C)C. The first-order valence-corrected chi connectivity index (χ1v) is 5.94. The molecule has 0 aliphatic heterocycles. The van der Waals surface area contributed by atoms with Gasteiger partial charge in [-0.3, -0.25) is 4.79 Å². The van der Waals surface area contributed by atoms with Crippen molar-refractivity contribution < 1.29 is 4.79 Å². The fourth-order valence-electron chi connectivity index (χ4n) is 1.45. The third kappa shape index (κ3) is 4.44. The first kappa shape index (κ1) is 12.2. The highest BCUT2D eigenvalue weighted by atomic mass is 32.1. The standard InChI is InChI=1S/C11H18N2OS/c1-9(8-13(2)3)7-12-11(14)10-5-4-6-15-10/h4-6,9H,7-8H2,1-3H3,(H,12,14). The summed E-state index contributed by atoms with van der Waals surface area (Å²) >= 11 is 1.47. The first-order valence-electron chi connectivity index (χ1n) is 5.06. The van der Waals surface area contributed by atoms with Crippen LogP contribution in [-0.4, -0.2) is 38.0 Å². The fraction of sp³-hybridized carbons (Fsp3) is 0.545. The van der Waals surface area contributed by atoms with E-state index in [2.05, 4.69) is 17.1 Å². The molecule has 1 aromatic rings. The van der Waals surface area contributed by atoms with Crippen molar-refractivity contribution in [3.05, 3.63) is 22.4 Å². The summed E-state index contributed by atoms with van der Waals surface area (Å²) in [6.07, 6.45) is 0. The van der Waals surface area contributed by atoms with Crippen LogP contribution >= 0.6 is 11.3 Å². The van der Waals surface area contributed by atoms with E-state index in [1.54, 1.807) is 0 Å². The van der Waals surface area contributed by atoms with Gasteiger partial charge in [0.1, 0.15) is 0 Å². The molecule has 0 saturated carbocycles. The van der Waals surface area contributed by atoms with Crippen LogP contribution in [0.4, 0.5) is 0 Å². The lowest BCUT2D eigenvalue weighted by Crippen LogP contribution is -2.32. The van der Waals surface area contributed by atoms with E-state index in [-0.39, 0.29) is 5.91 Å². The molecule has 4 heteroatoms. The van der Waals surface area contributed by atoms with E-state index >= 15 is 0 Å². The molecule has 1 amide bonds. The molecule has 1 N–H and O–H groups in total. The van der Waals surface area contributed by atoms with E-state index < -0.39 is 0 Å². The Balaban J connectivity index is 2.28. The van der Waals surface area contributed by atoms with E-state index in [1.165, 1.54) is 11.3 Å². The van der Waals surface area contributed by atoms with Gasteiger partial charge in [-0.25, -0.2) is 0 Å². The smallest absolute Gasteiger partial charge is 0.261 e. The average Bonchev–Trinajstić information content (AvgIpc) is 2.65. The summed E-state index contributed by atoms with van der Waals surface area (Å²) in [5, 5.41) is 4.85. The largest absolute Gasteiger partial charge is 0.351 e. The Hall–Kier alpha value is -0.870. The molecule has 0 spiro atoms. The number of hydrogen-bond acceptors (Lipinski definition) is 3. The molecular weight excluding hydrogens is 208 g/mol. The lowest BCUT2D eigenvalue weighted by molar-refractivity contribution is 0.0950. The minimum Gasteiger partial charge on any atom is -0.351 e. The van der Waals surface area contributed by atoms with Gasteiger partial charge in [0, 0.05) is 13.1 Å². The van der Waals surface area contributed by atoms with Crippen LogP contribution in [0.2, 0.25) is 0 Å². The van der Waals surface area contributed by atoms with Gasteiger partial charge in [-0.05, 0) is 31.5 Å². The number of carbonyl (C=O) groups excluding carboxylic acids is 1. The summed E-state index contributed by atoms with van der Waals surface area (Å²) in [6.45, 7) is 3.86. The zero-order valence-electron chi connectivity index (χ0n) is 9.49. The molecule has 0 radical (unpaired) electrons. The Morgan fingerprint density at radius 1 is 1.60 bits per heavy atom. The zero-order valence-corrected chi connectivity index (χ0v) is 10.3. The van der Waals surface area contributed by atoms with Gasteiger partial charge in [0.15, 0.2) is 0 Å². The van der Waals surface area contributed by atoms with Crippen LogP contribution in [0.1, 0.15) is 16.6 Å². The Bertz CT molecular complexity index is 296. The Morgan fingerprint density at radius 2 is 2.33 bits per heavy atom. The molecule has 1 heterocycles. The van der Waals surface area contributed by atoms with Crippen molar-refractivity contribution in [3.63, 3.8) is 0 Å². The lowest BCUT2D eigenvalue weighted by Gasteiger charge is -2.16. The van der Waals surface area contributed by atoms with Crippen LogP contribution < -0.4 is 5.32 Å². The van der Waals surface area contributed by atoms with Crippen molar-refractivity contribution in [2.24, 2.45) is 5.92 Å². The van der Waals surface area contributed by atoms with Crippen LogP contribution in [0.5, 0.6) is 0 Å². The quantitative estimate of drug-likeness (QED) is 0.828. The maximum atomic E-state index is 11.6. The zero-order chi connectivity index (χ0) is 11.3. The summed E-state index contributed by atoms with van der Waals surface area (Å²) in [5.74, 6) is 0.513. The van der Waals surface area contributed by atoms with Gasteiger partial charge in [-0.1, -0.05) is 13.0 Å². The second-order valence-electron chi connectivity index (χ2n) is 4.05. The first-order chi connectivity index (χ1) is 7.09. The third-order valence-corrected chi connectivity index (χ3v) is 2.90. The number of hydrogen-bond donors (Lipinski definition) is 1. The summed E-state index contributed by atoms with van der Waals surface area (Å²) in [5.41, 5.74) is 0. The molecule has 0 fully saturated rings. The molecule has 1 atom stereocenters. The second kappa shape index (κ2) is 5.88. The normalized spacial score (nSPS) is 12.8. The summed E-state index contributed by atoms with van der Waals surface area (Å²) in [6, 6.07) is 3.74. The van der Waals surface area contributed by atoms with E-state index in [0.29, 0.717) is 5.92 Å². The predicted molar refractivity (Wildman–Crippen MR) is 64.4 cm³/mol. The fourth-order valence-corrected chi connectivity index (χ4v) is 2.09. The molecule has 3 nitrogen and oxygen atoms in total. The topological polar surface area (TPSA) is 32.3 Å². The Kier molecular flexibility index (Phi) is 4.78. The Morgan fingerprint density at radius 3 is 2.87 bits per heavy atom. The van der Waals surface area contributed by atoms with E-state index in [0.717, 1.165) is 18.0 Å². The van der Waals surface area contributed by atoms with Crippen molar-refractivity contribution in [1.29, 1.82) is 0 Å². The van der Waals surface area contributed by atoms with E-state index in [4.69, 9.17) is 0 Å². The molecule has 1 rings (SSSR count). The minimum absolute atomic E-state index is 0.0376. The van der Waals surface area contributed by atoms with Crippen molar-refractivity contribution in [1.82, 2.24) is 10.2 Å². The number of nitrogens with one attached hydrogen (secondary N) is 1. The van der Waals surface area contributed by atoms with Crippen LogP contribution in [0.3, 0.4) is 0 Å². The molecule has 0 aliphatic rings. The summed E-state index contributed by atoms with van der Waals surface area (Å²) in [7, 11) is 4.08. The summed E-state index contributed by atoms with van der Waals surface area (Å²) < 4.78 is 0. The van der Waals surface area contributed by atoms with Gasteiger partial charge < -0.3 is 10.2 Å². The molecule has 0 bridgehead atoms. The van der Waals surface area contributed by atoms with Gasteiger partial charge in [0.25, 0.3) is 5.91 Å². The van der Waals surface area contributed by atoms with Crippen LogP contribution in [-0.2, 0) is 0 Å². The maximum Gasteiger partial charge on any atom is 0.261 e. The molecule has 0 aliphatic carbocycles. The van der Waals surface area contributed by atoms with Crippen molar-refractivity contribution in [2.45, 2.75) is 6.92 Å². The number of rotatable bonds is 5. The molecule has 84 valence electrons. The van der Waals surface area contributed by atoms with Gasteiger partial charge in [0.05, 0.1) is 4.88 Å². The second-order valence-corrected chi connectivity index (χ2v) is 5.00. The van der Waals surface area contributed by atoms with E-state index in [1.807, 2.05) is 31.6 Å². The van der Waals surface area contributed by atoms with Gasteiger partial charge >= 0.3 is 0 Å². The number of thiophene rings is 1. The molecule has 1 unspecified atom stereocenters. The molecule has 1 aromatic heterocycles. The van der Waals surface area contributed by atoms with Crippen LogP contribution in [0.25, 0.3) is 0 Å². The van der Waals surface area contributed by atoms with Crippen molar-refractivity contribution in [3.8, 4) is 0 Å². The lowest BCUT2D eigenvalue weighted by atomic mass is 10.2. The van der Waals surface area contributed by atoms with Crippen molar-refractivity contribution >= 4 is 17.2 Å². The van der Waals surface area contributed by atoms with Crippen molar-refractivity contribution in [2.75, 3.05) is 27.2 Å². The predicted octanol–water partition coefficient (Wildman–Crippen LogP) is 1.68. The minimum atomic E-state index is 0.0376. The molecule has 15 heavy (non-hydrogen) atoms. The number of nitrogens with zero attached hydrogens (tertiary/aromatic N) is 1. The highest BCUT2D eigenvalue weighted by Gasteiger charge is 2.08.